The number of fused-ring (bicyclic) bond motifs is 1. The summed E-state index contributed by atoms with van der Waals surface area (Å²) in [5, 5.41) is 2.48. The Morgan fingerprint density at radius 2 is 1.71 bits per heavy atom. The molecule has 0 bridgehead atoms. The monoisotopic (exact) mass is 546 g/mol. The highest BCUT2D eigenvalue weighted by Gasteiger charge is 2.29. The second kappa shape index (κ2) is 10.1. The van der Waals surface area contributed by atoms with Gasteiger partial charge in [-0.1, -0.05) is 32.4 Å². The smallest absolute Gasteiger partial charge is 0.262 e. The van der Waals surface area contributed by atoms with E-state index in [2.05, 4.69) is 25.3 Å². The van der Waals surface area contributed by atoms with Crippen LogP contribution in [0.5, 0.6) is 0 Å². The Kier molecular flexibility index (Phi) is 7.24. The zero-order chi connectivity index (χ0) is 27.9. The number of nitrogens with one attached hydrogen (secondary N) is 1. The molecule has 12 heteroatoms. The third-order valence-corrected chi connectivity index (χ3v) is 6.24. The van der Waals surface area contributed by atoms with Crippen LogP contribution in [0.25, 0.3) is 22.3 Å². The van der Waals surface area contributed by atoms with Gasteiger partial charge in [0.05, 0.1) is 21.9 Å². The van der Waals surface area contributed by atoms with Gasteiger partial charge in [0.15, 0.2) is 5.82 Å². The van der Waals surface area contributed by atoms with Gasteiger partial charge < -0.3 is 11.1 Å². The lowest BCUT2D eigenvalue weighted by Crippen LogP contribution is -2.22. The number of hydrogen-bond acceptors (Lipinski definition) is 6. The third kappa shape index (κ3) is 5.24. The predicted octanol–water partition coefficient (Wildman–Crippen LogP) is 6.14. The topological polar surface area (TPSA) is 107 Å². The van der Waals surface area contributed by atoms with E-state index in [1.807, 2.05) is 20.8 Å². The minimum atomic E-state index is -3.15. The minimum absolute atomic E-state index is 0.0299. The zero-order valence-corrected chi connectivity index (χ0v) is 21.5. The van der Waals surface area contributed by atoms with Gasteiger partial charge in [-0.3, -0.25) is 4.79 Å². The Morgan fingerprint density at radius 1 is 1.05 bits per heavy atom. The van der Waals surface area contributed by atoms with Crippen molar-refractivity contribution >= 4 is 34.2 Å². The Bertz CT molecular complexity index is 1540. The van der Waals surface area contributed by atoms with Gasteiger partial charge >= 0.3 is 0 Å². The van der Waals surface area contributed by atoms with Crippen molar-refractivity contribution in [2.45, 2.75) is 45.6 Å². The van der Waals surface area contributed by atoms with Crippen LogP contribution in [0.1, 0.15) is 54.3 Å². The number of aromatic nitrogens is 4. The Morgan fingerprint density at radius 3 is 2.29 bits per heavy atom. The molecule has 0 radical (unpaired) electrons. The zero-order valence-electron chi connectivity index (χ0n) is 20.8. The van der Waals surface area contributed by atoms with Crippen molar-refractivity contribution < 1.29 is 22.4 Å². The van der Waals surface area contributed by atoms with Crippen LogP contribution in [0.4, 0.5) is 23.2 Å². The number of primary amides is 1. The molecule has 0 aliphatic carbocycles. The molecule has 0 aliphatic heterocycles. The summed E-state index contributed by atoms with van der Waals surface area (Å²) in [6.45, 7) is 7.27. The van der Waals surface area contributed by atoms with Crippen LogP contribution in [0.3, 0.4) is 0 Å². The molecule has 0 spiro atoms. The van der Waals surface area contributed by atoms with Crippen molar-refractivity contribution in [1.82, 2.24) is 19.9 Å². The van der Waals surface area contributed by atoms with E-state index < -0.39 is 35.6 Å². The molecule has 1 aromatic carbocycles. The van der Waals surface area contributed by atoms with E-state index in [1.54, 1.807) is 0 Å². The Balaban J connectivity index is 1.88. The summed E-state index contributed by atoms with van der Waals surface area (Å²) in [5.41, 5.74) is 4.41. The molecule has 0 saturated carbocycles. The van der Waals surface area contributed by atoms with Gasteiger partial charge in [0, 0.05) is 40.6 Å². The fourth-order valence-corrected chi connectivity index (χ4v) is 3.99. The molecule has 0 aliphatic rings. The number of halogens is 5. The molecular formula is C26H23ClF4N6O. The van der Waals surface area contributed by atoms with Crippen LogP contribution in [-0.4, -0.2) is 32.3 Å². The number of carbonyl (C=O) groups is 1. The highest BCUT2D eigenvalue weighted by Crippen LogP contribution is 2.38. The molecule has 3 aromatic heterocycles. The van der Waals surface area contributed by atoms with Crippen LogP contribution < -0.4 is 11.1 Å². The van der Waals surface area contributed by atoms with E-state index in [9.17, 15) is 18.0 Å². The number of alkyl halides is 2. The highest BCUT2D eigenvalue weighted by atomic mass is 35.5. The van der Waals surface area contributed by atoms with Crippen molar-refractivity contribution in [2.24, 2.45) is 5.73 Å². The second-order valence-corrected chi connectivity index (χ2v) is 10.1. The van der Waals surface area contributed by atoms with Gasteiger partial charge in [0.1, 0.15) is 28.9 Å². The first kappa shape index (κ1) is 27.2. The lowest BCUT2D eigenvalue weighted by atomic mass is 9.95. The van der Waals surface area contributed by atoms with Crippen LogP contribution in [0.15, 0.2) is 36.7 Å². The summed E-state index contributed by atoms with van der Waals surface area (Å²) >= 11 is 6.44. The SMILES string of the molecule is Cc1nc2cc(F)c(-c3cnc(C(C)(C)C)nc3)nc2c(N[C@@H](c2cc(C(N)=O)ccc2F)C(F)F)c1Cl. The highest BCUT2D eigenvalue weighted by molar-refractivity contribution is 6.35. The first-order valence-electron chi connectivity index (χ1n) is 11.4. The number of amides is 1. The first-order chi connectivity index (χ1) is 17.8. The van der Waals surface area contributed by atoms with E-state index >= 15 is 4.39 Å². The Hall–Kier alpha value is -3.86. The van der Waals surface area contributed by atoms with Crippen molar-refractivity contribution in [3.8, 4) is 11.3 Å². The standard InChI is InChI=1S/C26H23ClF4N6O/c1-11-18(27)22(37-20(23(30)31)14-7-12(24(32)38)5-6-15(14)28)21-17(35-11)8-16(29)19(36-21)13-9-33-25(34-10-13)26(2,3)4/h5-10,20,23H,1-4H3,(H2,32,38)(H,35,37)/t20-/m0/s1. The maximum absolute atomic E-state index is 15.1. The van der Waals surface area contributed by atoms with E-state index in [1.165, 1.54) is 19.3 Å². The normalized spacial score (nSPS) is 12.7. The molecule has 198 valence electrons. The number of pyridine rings is 2. The number of nitrogens with two attached hydrogens (primary N) is 1. The van der Waals surface area contributed by atoms with E-state index in [4.69, 9.17) is 17.3 Å². The first-order valence-corrected chi connectivity index (χ1v) is 11.8. The van der Waals surface area contributed by atoms with Crippen molar-refractivity contribution in [3.63, 3.8) is 0 Å². The molecule has 4 aromatic rings. The van der Waals surface area contributed by atoms with Crippen molar-refractivity contribution in [2.75, 3.05) is 5.32 Å². The number of aryl methyl sites for hydroxylation is 1. The van der Waals surface area contributed by atoms with Crippen LogP contribution >= 0.6 is 11.6 Å². The molecule has 0 fully saturated rings. The number of rotatable bonds is 6. The van der Waals surface area contributed by atoms with Crippen LogP contribution in [0, 0.1) is 18.6 Å². The van der Waals surface area contributed by atoms with Crippen molar-refractivity contribution in [3.05, 3.63) is 76.0 Å². The summed E-state index contributed by atoms with van der Waals surface area (Å²) in [4.78, 5) is 28.7. The van der Waals surface area contributed by atoms with E-state index in [-0.39, 0.29) is 49.7 Å². The second-order valence-electron chi connectivity index (χ2n) is 9.68. The van der Waals surface area contributed by atoms with Gasteiger partial charge in [-0.25, -0.2) is 37.5 Å². The molecule has 4 rings (SSSR count). The summed E-state index contributed by atoms with van der Waals surface area (Å²) in [7, 11) is 0. The quantitative estimate of drug-likeness (QED) is 0.281. The lowest BCUT2D eigenvalue weighted by Gasteiger charge is -2.23. The molecule has 3 N–H and O–H groups in total. The largest absolute Gasteiger partial charge is 0.370 e. The fourth-order valence-electron chi connectivity index (χ4n) is 3.80. The molecule has 38 heavy (non-hydrogen) atoms. The van der Waals surface area contributed by atoms with Gasteiger partial charge in [-0.15, -0.1) is 0 Å². The van der Waals surface area contributed by atoms with E-state index in [0.717, 1.165) is 24.3 Å². The van der Waals surface area contributed by atoms with Crippen LogP contribution in [-0.2, 0) is 5.41 Å². The van der Waals surface area contributed by atoms with Gasteiger partial charge in [-0.05, 0) is 25.1 Å². The molecule has 0 saturated heterocycles. The predicted molar refractivity (Wildman–Crippen MR) is 136 cm³/mol. The summed E-state index contributed by atoms with van der Waals surface area (Å²) in [5.74, 6) is -2.11. The fraction of sp³-hybridized carbons (Fsp3) is 0.269. The number of hydrogen-bond donors (Lipinski definition) is 2. The summed E-state index contributed by atoms with van der Waals surface area (Å²) < 4.78 is 58.3. The Labute approximate surface area is 220 Å². The van der Waals surface area contributed by atoms with Gasteiger partial charge in [0.25, 0.3) is 6.43 Å². The number of carbonyl (C=O) groups excluding carboxylic acids is 1. The third-order valence-electron chi connectivity index (χ3n) is 5.78. The molecule has 3 heterocycles. The summed E-state index contributed by atoms with van der Waals surface area (Å²) in [6, 6.07) is 2.04. The van der Waals surface area contributed by atoms with Gasteiger partial charge in [0.2, 0.25) is 5.91 Å². The maximum Gasteiger partial charge on any atom is 0.262 e. The maximum atomic E-state index is 15.1. The average Bonchev–Trinajstić information content (AvgIpc) is 2.84. The van der Waals surface area contributed by atoms with E-state index in [0.29, 0.717) is 5.82 Å². The lowest BCUT2D eigenvalue weighted by molar-refractivity contribution is 0.0998. The number of benzene rings is 1. The molecule has 7 nitrogen and oxygen atoms in total. The molecule has 1 amide bonds. The number of anilines is 1. The molecular weight excluding hydrogens is 524 g/mol. The number of nitrogens with zero attached hydrogens (tertiary/aromatic N) is 4. The minimum Gasteiger partial charge on any atom is -0.370 e. The molecule has 0 unspecified atom stereocenters. The summed E-state index contributed by atoms with van der Waals surface area (Å²) in [6.07, 6.45) is -0.327. The average molecular weight is 547 g/mol. The van der Waals surface area contributed by atoms with Crippen molar-refractivity contribution in [1.29, 1.82) is 0 Å². The van der Waals surface area contributed by atoms with Crippen LogP contribution in [0.2, 0.25) is 5.02 Å². The van der Waals surface area contributed by atoms with Gasteiger partial charge in [-0.2, -0.15) is 0 Å². The molecule has 1 atom stereocenters.